The van der Waals surface area contributed by atoms with E-state index in [0.29, 0.717) is 5.56 Å². The van der Waals surface area contributed by atoms with Gasteiger partial charge in [0.2, 0.25) is 0 Å². The second-order valence-electron chi connectivity index (χ2n) is 6.86. The monoisotopic (exact) mass is 360 g/mol. The molecule has 2 aromatic rings. The molecular weight excluding hydrogens is 336 g/mol. The van der Waals surface area contributed by atoms with Gasteiger partial charge in [-0.3, -0.25) is 4.79 Å². The SMILES string of the molecule is CCOC(=O)C(c1ccccc1)S(=O)(=O)c1ccc(C(C)(C)C)cc1. The van der Waals surface area contributed by atoms with Gasteiger partial charge < -0.3 is 4.74 Å². The van der Waals surface area contributed by atoms with Gasteiger partial charge >= 0.3 is 5.97 Å². The third-order valence-electron chi connectivity index (χ3n) is 3.96. The smallest absolute Gasteiger partial charge is 0.329 e. The van der Waals surface area contributed by atoms with Crippen LogP contribution in [0.15, 0.2) is 59.5 Å². The molecule has 0 saturated carbocycles. The molecule has 0 saturated heterocycles. The summed E-state index contributed by atoms with van der Waals surface area (Å²) >= 11 is 0. The van der Waals surface area contributed by atoms with Crippen LogP contribution in [0, 0.1) is 0 Å². The van der Waals surface area contributed by atoms with Gasteiger partial charge in [-0.2, -0.15) is 0 Å². The third-order valence-corrected chi connectivity index (χ3v) is 5.98. The first-order chi connectivity index (χ1) is 11.7. The molecule has 0 spiro atoms. The van der Waals surface area contributed by atoms with E-state index in [-0.39, 0.29) is 16.9 Å². The van der Waals surface area contributed by atoms with E-state index in [1.165, 1.54) is 0 Å². The van der Waals surface area contributed by atoms with Gasteiger partial charge in [0, 0.05) is 0 Å². The number of rotatable bonds is 5. The van der Waals surface area contributed by atoms with Crippen LogP contribution in [0.3, 0.4) is 0 Å². The fourth-order valence-corrected chi connectivity index (χ4v) is 4.19. The summed E-state index contributed by atoms with van der Waals surface area (Å²) < 4.78 is 31.2. The van der Waals surface area contributed by atoms with Gasteiger partial charge in [-0.25, -0.2) is 8.42 Å². The highest BCUT2D eigenvalue weighted by Gasteiger charge is 2.36. The molecule has 0 bridgehead atoms. The minimum absolute atomic E-state index is 0.0811. The topological polar surface area (TPSA) is 60.4 Å². The zero-order chi connectivity index (χ0) is 18.7. The Balaban J connectivity index is 2.50. The Morgan fingerprint density at radius 1 is 1.00 bits per heavy atom. The van der Waals surface area contributed by atoms with Crippen LogP contribution in [0.4, 0.5) is 0 Å². The second kappa shape index (κ2) is 7.40. The third kappa shape index (κ3) is 4.28. The molecule has 2 aromatic carbocycles. The number of carbonyl (C=O) groups excluding carboxylic acids is 1. The van der Waals surface area contributed by atoms with E-state index in [9.17, 15) is 13.2 Å². The van der Waals surface area contributed by atoms with Crippen LogP contribution in [0.5, 0.6) is 0 Å². The standard InChI is InChI=1S/C20H24O4S/c1-5-24-19(21)18(15-9-7-6-8-10-15)25(22,23)17-13-11-16(12-14-17)20(2,3)4/h6-14,18H,5H2,1-4H3. The Kier molecular flexibility index (Phi) is 5.68. The molecule has 2 rings (SSSR count). The van der Waals surface area contributed by atoms with E-state index in [1.807, 2.05) is 0 Å². The largest absolute Gasteiger partial charge is 0.465 e. The van der Waals surface area contributed by atoms with Crippen molar-refractivity contribution < 1.29 is 17.9 Å². The van der Waals surface area contributed by atoms with E-state index in [1.54, 1.807) is 61.5 Å². The van der Waals surface area contributed by atoms with Crippen molar-refractivity contribution in [2.45, 2.75) is 43.3 Å². The Morgan fingerprint density at radius 3 is 2.04 bits per heavy atom. The number of sulfone groups is 1. The van der Waals surface area contributed by atoms with Crippen molar-refractivity contribution in [2.75, 3.05) is 6.61 Å². The Hall–Kier alpha value is -2.14. The van der Waals surface area contributed by atoms with Gasteiger partial charge in [0.1, 0.15) is 0 Å². The molecule has 0 fully saturated rings. The lowest BCUT2D eigenvalue weighted by atomic mass is 9.87. The minimum Gasteiger partial charge on any atom is -0.465 e. The average Bonchev–Trinajstić information content (AvgIpc) is 2.55. The van der Waals surface area contributed by atoms with Crippen LogP contribution in [-0.2, 0) is 24.8 Å². The first kappa shape index (κ1) is 19.2. The molecule has 5 heteroatoms. The summed E-state index contributed by atoms with van der Waals surface area (Å²) in [6.45, 7) is 7.96. The maximum absolute atomic E-state index is 13.1. The van der Waals surface area contributed by atoms with Crippen LogP contribution in [0.25, 0.3) is 0 Å². The molecule has 25 heavy (non-hydrogen) atoms. The fraction of sp³-hybridized carbons (Fsp3) is 0.350. The average molecular weight is 360 g/mol. The number of hydrogen-bond donors (Lipinski definition) is 0. The van der Waals surface area contributed by atoms with Crippen LogP contribution in [-0.4, -0.2) is 21.0 Å². The van der Waals surface area contributed by atoms with Crippen molar-refractivity contribution in [1.29, 1.82) is 0 Å². The molecule has 0 N–H and O–H groups in total. The van der Waals surface area contributed by atoms with E-state index in [4.69, 9.17) is 4.74 Å². The summed E-state index contributed by atoms with van der Waals surface area (Å²) in [4.78, 5) is 12.5. The molecule has 134 valence electrons. The zero-order valence-electron chi connectivity index (χ0n) is 15.0. The molecule has 0 aliphatic heterocycles. The predicted molar refractivity (Wildman–Crippen MR) is 98.1 cm³/mol. The summed E-state index contributed by atoms with van der Waals surface area (Å²) in [5, 5.41) is -1.37. The molecule has 0 radical (unpaired) electrons. The second-order valence-corrected chi connectivity index (χ2v) is 8.89. The molecule has 0 heterocycles. The lowest BCUT2D eigenvalue weighted by Gasteiger charge is -2.20. The van der Waals surface area contributed by atoms with Crippen molar-refractivity contribution in [3.63, 3.8) is 0 Å². The minimum atomic E-state index is -3.91. The van der Waals surface area contributed by atoms with Gasteiger partial charge in [-0.1, -0.05) is 63.2 Å². The summed E-state index contributed by atoms with van der Waals surface area (Å²) in [5.41, 5.74) is 1.35. The zero-order valence-corrected chi connectivity index (χ0v) is 15.8. The van der Waals surface area contributed by atoms with Gasteiger partial charge in [-0.15, -0.1) is 0 Å². The number of hydrogen-bond acceptors (Lipinski definition) is 4. The highest BCUT2D eigenvalue weighted by molar-refractivity contribution is 7.92. The number of esters is 1. The van der Waals surface area contributed by atoms with Gasteiger partial charge in [-0.05, 0) is 35.6 Å². The Morgan fingerprint density at radius 2 is 1.56 bits per heavy atom. The molecular formula is C20H24O4S. The van der Waals surface area contributed by atoms with Crippen LogP contribution < -0.4 is 0 Å². The van der Waals surface area contributed by atoms with E-state index in [2.05, 4.69) is 20.8 Å². The molecule has 0 amide bonds. The summed E-state index contributed by atoms with van der Waals surface area (Å²) in [6.07, 6.45) is 0. The first-order valence-corrected chi connectivity index (χ1v) is 9.78. The lowest BCUT2D eigenvalue weighted by Crippen LogP contribution is -2.25. The fourth-order valence-electron chi connectivity index (χ4n) is 2.57. The van der Waals surface area contributed by atoms with E-state index >= 15 is 0 Å². The summed E-state index contributed by atoms with van der Waals surface area (Å²) in [5.74, 6) is -0.756. The molecule has 1 unspecified atom stereocenters. The van der Waals surface area contributed by atoms with E-state index < -0.39 is 21.1 Å². The Labute approximate surface area is 149 Å². The van der Waals surface area contributed by atoms with Crippen molar-refractivity contribution in [3.05, 3.63) is 65.7 Å². The normalized spacial score (nSPS) is 13.3. The van der Waals surface area contributed by atoms with E-state index in [0.717, 1.165) is 5.56 Å². The molecule has 0 aliphatic rings. The molecule has 4 nitrogen and oxygen atoms in total. The molecule has 0 aliphatic carbocycles. The molecule has 1 atom stereocenters. The maximum Gasteiger partial charge on any atom is 0.329 e. The predicted octanol–water partition coefficient (Wildman–Crippen LogP) is 4.06. The maximum atomic E-state index is 13.1. The van der Waals surface area contributed by atoms with Gasteiger partial charge in [0.25, 0.3) is 0 Å². The Bertz CT molecular complexity index is 816. The summed E-state index contributed by atoms with van der Waals surface area (Å²) in [6, 6.07) is 15.2. The van der Waals surface area contributed by atoms with Crippen molar-refractivity contribution in [3.8, 4) is 0 Å². The van der Waals surface area contributed by atoms with Crippen molar-refractivity contribution in [1.82, 2.24) is 0 Å². The highest BCUT2D eigenvalue weighted by Crippen LogP contribution is 2.31. The molecule has 0 aromatic heterocycles. The van der Waals surface area contributed by atoms with Crippen molar-refractivity contribution in [2.24, 2.45) is 0 Å². The number of benzene rings is 2. The van der Waals surface area contributed by atoms with Crippen LogP contribution in [0.2, 0.25) is 0 Å². The van der Waals surface area contributed by atoms with Crippen molar-refractivity contribution >= 4 is 15.8 Å². The number of carbonyl (C=O) groups is 1. The van der Waals surface area contributed by atoms with Crippen LogP contribution in [0.1, 0.15) is 44.1 Å². The highest BCUT2D eigenvalue weighted by atomic mass is 32.2. The lowest BCUT2D eigenvalue weighted by molar-refractivity contribution is -0.142. The number of ether oxygens (including phenoxy) is 1. The van der Waals surface area contributed by atoms with Gasteiger partial charge in [0.05, 0.1) is 11.5 Å². The first-order valence-electron chi connectivity index (χ1n) is 8.24. The van der Waals surface area contributed by atoms with Gasteiger partial charge in [0.15, 0.2) is 15.1 Å². The van der Waals surface area contributed by atoms with Crippen LogP contribution >= 0.6 is 0 Å². The quantitative estimate of drug-likeness (QED) is 0.754. The summed E-state index contributed by atoms with van der Waals surface area (Å²) in [7, 11) is -3.91.